The molecule has 0 spiro atoms. The topological polar surface area (TPSA) is 83.9 Å². The van der Waals surface area contributed by atoms with Crippen LogP contribution >= 0.6 is 22.9 Å². The third-order valence-electron chi connectivity index (χ3n) is 4.26. The van der Waals surface area contributed by atoms with E-state index in [1.165, 1.54) is 17.5 Å². The first-order valence-corrected chi connectivity index (χ1v) is 9.87. The van der Waals surface area contributed by atoms with Gasteiger partial charge in [-0.3, -0.25) is 9.78 Å². The summed E-state index contributed by atoms with van der Waals surface area (Å²) in [6, 6.07) is 3.80. The lowest BCUT2D eigenvalue weighted by Gasteiger charge is -2.15. The minimum atomic E-state index is -0.330. The van der Waals surface area contributed by atoms with Gasteiger partial charge in [-0.15, -0.1) is 11.3 Å². The van der Waals surface area contributed by atoms with Gasteiger partial charge < -0.3 is 10.2 Å². The molecule has 0 aliphatic carbocycles. The summed E-state index contributed by atoms with van der Waals surface area (Å²) in [5.74, 6) is 0.222. The second-order valence-corrected chi connectivity index (χ2v) is 7.46. The maximum absolute atomic E-state index is 12.5. The quantitative estimate of drug-likeness (QED) is 0.708. The monoisotopic (exact) mass is 400 g/mol. The van der Waals surface area contributed by atoms with E-state index in [-0.39, 0.29) is 16.6 Å². The number of aromatic nitrogens is 4. The van der Waals surface area contributed by atoms with E-state index in [1.807, 2.05) is 17.5 Å². The summed E-state index contributed by atoms with van der Waals surface area (Å²) in [5.41, 5.74) is 2.05. The first-order valence-electron chi connectivity index (χ1n) is 8.61. The van der Waals surface area contributed by atoms with Crippen molar-refractivity contribution < 1.29 is 4.79 Å². The third-order valence-corrected chi connectivity index (χ3v) is 5.39. The molecule has 138 valence electrons. The van der Waals surface area contributed by atoms with E-state index in [0.29, 0.717) is 12.5 Å². The van der Waals surface area contributed by atoms with Gasteiger partial charge in [0.2, 0.25) is 5.95 Å². The summed E-state index contributed by atoms with van der Waals surface area (Å²) in [5, 5.41) is 5.85. The zero-order valence-corrected chi connectivity index (χ0v) is 16.0. The fourth-order valence-electron chi connectivity index (χ4n) is 2.87. The zero-order valence-electron chi connectivity index (χ0n) is 14.4. The Bertz CT molecular complexity index is 942. The lowest BCUT2D eigenvalue weighted by atomic mass is 10.2. The van der Waals surface area contributed by atoms with E-state index in [9.17, 15) is 4.79 Å². The zero-order chi connectivity index (χ0) is 18.6. The highest BCUT2D eigenvalue weighted by atomic mass is 35.5. The van der Waals surface area contributed by atoms with Gasteiger partial charge in [-0.25, -0.2) is 15.0 Å². The van der Waals surface area contributed by atoms with Crippen LogP contribution in [0.4, 0.5) is 5.95 Å². The number of hydrogen-bond donors (Lipinski definition) is 1. The molecule has 3 aromatic rings. The van der Waals surface area contributed by atoms with Crippen molar-refractivity contribution in [3.05, 3.63) is 51.8 Å². The number of hydrogen-bond acceptors (Lipinski definition) is 7. The van der Waals surface area contributed by atoms with Crippen molar-refractivity contribution in [2.75, 3.05) is 18.0 Å². The van der Waals surface area contributed by atoms with Crippen LogP contribution in [0.2, 0.25) is 5.02 Å². The molecule has 1 N–H and O–H groups in total. The molecular formula is C18H17ClN6OS. The Morgan fingerprint density at radius 3 is 2.78 bits per heavy atom. The molecule has 0 radical (unpaired) electrons. The van der Waals surface area contributed by atoms with Crippen LogP contribution in [0.5, 0.6) is 0 Å². The summed E-state index contributed by atoms with van der Waals surface area (Å²) in [6.07, 6.45) is 7.16. The van der Waals surface area contributed by atoms with Gasteiger partial charge >= 0.3 is 0 Å². The van der Waals surface area contributed by atoms with Crippen LogP contribution in [0.25, 0.3) is 11.3 Å². The highest BCUT2D eigenvalue weighted by molar-refractivity contribution is 7.09. The Hall–Kier alpha value is -2.58. The fourth-order valence-corrected chi connectivity index (χ4v) is 3.79. The Kier molecular flexibility index (Phi) is 5.26. The average Bonchev–Trinajstić information content (AvgIpc) is 3.39. The first-order chi connectivity index (χ1) is 13.2. The molecule has 1 aliphatic rings. The number of halogens is 1. The summed E-state index contributed by atoms with van der Waals surface area (Å²) in [7, 11) is 0. The number of nitrogens with one attached hydrogen (secondary N) is 1. The molecule has 1 amide bonds. The highest BCUT2D eigenvalue weighted by Crippen LogP contribution is 2.22. The fraction of sp³-hybridized carbons (Fsp3) is 0.278. The van der Waals surface area contributed by atoms with Gasteiger partial charge in [-0.05, 0) is 25.0 Å². The smallest absolute Gasteiger partial charge is 0.271 e. The Morgan fingerprint density at radius 2 is 2.00 bits per heavy atom. The molecule has 1 aliphatic heterocycles. The molecule has 27 heavy (non-hydrogen) atoms. The van der Waals surface area contributed by atoms with Crippen molar-refractivity contribution in [1.29, 1.82) is 0 Å². The minimum Gasteiger partial charge on any atom is -0.344 e. The molecule has 0 saturated carbocycles. The second-order valence-electron chi connectivity index (χ2n) is 6.11. The molecule has 0 atom stereocenters. The van der Waals surface area contributed by atoms with Gasteiger partial charge in [0.25, 0.3) is 5.91 Å². The lowest BCUT2D eigenvalue weighted by molar-refractivity contribution is 0.0946. The number of carbonyl (C=O) groups is 1. The van der Waals surface area contributed by atoms with E-state index in [4.69, 9.17) is 11.6 Å². The van der Waals surface area contributed by atoms with Crippen molar-refractivity contribution in [1.82, 2.24) is 25.3 Å². The van der Waals surface area contributed by atoms with E-state index >= 15 is 0 Å². The number of amides is 1. The lowest BCUT2D eigenvalue weighted by Crippen LogP contribution is -2.26. The molecule has 1 fully saturated rings. The van der Waals surface area contributed by atoms with Gasteiger partial charge in [0.05, 0.1) is 23.5 Å². The first kappa shape index (κ1) is 17.8. The van der Waals surface area contributed by atoms with Crippen molar-refractivity contribution in [2.45, 2.75) is 19.4 Å². The Balaban J connectivity index is 1.44. The van der Waals surface area contributed by atoms with E-state index in [0.717, 1.165) is 42.2 Å². The molecule has 0 aromatic carbocycles. The van der Waals surface area contributed by atoms with Crippen LogP contribution in [0.1, 0.15) is 28.3 Å². The van der Waals surface area contributed by atoms with Gasteiger partial charge in [-0.1, -0.05) is 11.6 Å². The molecule has 7 nitrogen and oxygen atoms in total. The Morgan fingerprint density at radius 1 is 1.22 bits per heavy atom. The molecule has 4 heterocycles. The van der Waals surface area contributed by atoms with Crippen LogP contribution in [0.15, 0.2) is 36.1 Å². The van der Waals surface area contributed by atoms with Crippen LogP contribution < -0.4 is 10.2 Å². The summed E-state index contributed by atoms with van der Waals surface area (Å²) < 4.78 is 0. The number of anilines is 1. The normalized spacial score (nSPS) is 13.7. The predicted octanol–water partition coefficient (Wildman–Crippen LogP) is 3.18. The van der Waals surface area contributed by atoms with Gasteiger partial charge in [0.15, 0.2) is 5.69 Å². The molecule has 9 heteroatoms. The molecule has 0 bridgehead atoms. The molecule has 0 unspecified atom stereocenters. The van der Waals surface area contributed by atoms with Crippen LogP contribution in [0.3, 0.4) is 0 Å². The number of pyridine rings is 1. The van der Waals surface area contributed by atoms with Crippen molar-refractivity contribution in [2.24, 2.45) is 0 Å². The maximum Gasteiger partial charge on any atom is 0.271 e. The van der Waals surface area contributed by atoms with E-state index in [2.05, 4.69) is 30.2 Å². The summed E-state index contributed by atoms with van der Waals surface area (Å²) in [6.45, 7) is 2.12. The molecule has 4 rings (SSSR count). The number of thiazole rings is 1. The predicted molar refractivity (Wildman–Crippen MR) is 105 cm³/mol. The van der Waals surface area contributed by atoms with Crippen LogP contribution in [-0.4, -0.2) is 38.9 Å². The third kappa shape index (κ3) is 4.06. The largest absolute Gasteiger partial charge is 0.344 e. The molecule has 1 saturated heterocycles. The van der Waals surface area contributed by atoms with Gasteiger partial charge in [0.1, 0.15) is 5.01 Å². The van der Waals surface area contributed by atoms with Crippen LogP contribution in [-0.2, 0) is 6.54 Å². The average molecular weight is 401 g/mol. The summed E-state index contributed by atoms with van der Waals surface area (Å²) >= 11 is 7.63. The highest BCUT2D eigenvalue weighted by Gasteiger charge is 2.19. The number of rotatable bonds is 5. The van der Waals surface area contributed by atoms with Crippen molar-refractivity contribution >= 4 is 34.8 Å². The minimum absolute atomic E-state index is 0.194. The Labute approximate surface area is 165 Å². The molecule has 3 aromatic heterocycles. The number of nitrogens with zero attached hydrogens (tertiary/aromatic N) is 5. The van der Waals surface area contributed by atoms with Crippen molar-refractivity contribution in [3.63, 3.8) is 0 Å². The van der Waals surface area contributed by atoms with Crippen molar-refractivity contribution in [3.8, 4) is 11.3 Å². The standard InChI is InChI=1S/C18H17ClN6OS/c19-13-9-22-18(25-7-1-2-8-25)24-16(13)17(26)21-10-15-23-14(11-27-15)12-3-5-20-6-4-12/h3-6,9,11H,1-2,7-8,10H2,(H,21,26). The number of carbonyl (C=O) groups excluding carboxylic acids is 1. The molecular weight excluding hydrogens is 384 g/mol. The van der Waals surface area contributed by atoms with Gasteiger partial charge in [-0.2, -0.15) is 0 Å². The maximum atomic E-state index is 12.5. The van der Waals surface area contributed by atoms with Crippen LogP contribution in [0, 0.1) is 0 Å². The van der Waals surface area contributed by atoms with E-state index in [1.54, 1.807) is 12.4 Å². The van der Waals surface area contributed by atoms with Gasteiger partial charge in [0, 0.05) is 36.4 Å². The second kappa shape index (κ2) is 7.98. The summed E-state index contributed by atoms with van der Waals surface area (Å²) in [4.78, 5) is 31.8. The van der Waals surface area contributed by atoms with E-state index < -0.39 is 0 Å². The SMILES string of the molecule is O=C(NCc1nc(-c2ccncc2)cs1)c1nc(N2CCCC2)ncc1Cl.